The number of imidazole rings is 1. The summed E-state index contributed by atoms with van der Waals surface area (Å²) in [5.74, 6) is 0.147. The van der Waals surface area contributed by atoms with Gasteiger partial charge in [-0.15, -0.1) is 0 Å². The summed E-state index contributed by atoms with van der Waals surface area (Å²) < 4.78 is 9.66. The van der Waals surface area contributed by atoms with Gasteiger partial charge >= 0.3 is 6.09 Å². The number of anilines is 1. The summed E-state index contributed by atoms with van der Waals surface area (Å²) in [7, 11) is 0. The van der Waals surface area contributed by atoms with Crippen LogP contribution >= 0.6 is 15.9 Å². The molecule has 33 heavy (non-hydrogen) atoms. The zero-order valence-corrected chi connectivity index (χ0v) is 21.1. The Morgan fingerprint density at radius 1 is 1.24 bits per heavy atom. The average molecular weight is 517 g/mol. The Bertz CT molecular complexity index is 1190. The topological polar surface area (TPSA) is 103 Å². The molecule has 0 spiro atoms. The van der Waals surface area contributed by atoms with Gasteiger partial charge in [-0.3, -0.25) is 14.8 Å². The third kappa shape index (κ3) is 6.22. The predicted octanol–water partition coefficient (Wildman–Crippen LogP) is 4.66. The number of carbonyl (C=O) groups excluding carboxylic acids is 2. The van der Waals surface area contributed by atoms with Gasteiger partial charge in [0.2, 0.25) is 5.95 Å². The van der Waals surface area contributed by atoms with E-state index in [-0.39, 0.29) is 5.91 Å². The predicted molar refractivity (Wildman–Crippen MR) is 131 cm³/mol. The first kappa shape index (κ1) is 24.5. The van der Waals surface area contributed by atoms with Gasteiger partial charge in [0, 0.05) is 24.1 Å². The Labute approximate surface area is 201 Å². The first-order valence-corrected chi connectivity index (χ1v) is 11.5. The lowest BCUT2D eigenvalue weighted by molar-refractivity contribution is 0.0534. The van der Waals surface area contributed by atoms with Crippen molar-refractivity contribution in [1.82, 2.24) is 24.6 Å². The van der Waals surface area contributed by atoms with Crippen LogP contribution in [-0.2, 0) is 17.8 Å². The normalized spacial score (nSPS) is 11.8. The highest BCUT2D eigenvalue weighted by molar-refractivity contribution is 9.10. The fourth-order valence-corrected chi connectivity index (χ4v) is 3.84. The largest absolute Gasteiger partial charge is 0.444 e. The number of rotatable bonds is 7. The van der Waals surface area contributed by atoms with Crippen LogP contribution in [0.3, 0.4) is 0 Å². The third-order valence-electron chi connectivity index (χ3n) is 4.59. The van der Waals surface area contributed by atoms with Crippen LogP contribution in [0.25, 0.3) is 11.0 Å². The van der Waals surface area contributed by atoms with E-state index in [1.54, 1.807) is 10.7 Å². The van der Waals surface area contributed by atoms with Crippen LogP contribution in [0.2, 0.25) is 0 Å². The lowest BCUT2D eigenvalue weighted by Crippen LogP contribution is -2.32. The SMILES string of the molecule is CCn1nc(C)cc1C(=O)Nc1nc2cccc(Br)c2n1CC=CCNC(=O)OC(C)(C)C. The lowest BCUT2D eigenvalue weighted by atomic mass is 10.2. The number of halogens is 1. The molecule has 0 atom stereocenters. The molecule has 2 heterocycles. The van der Waals surface area contributed by atoms with Crippen LogP contribution in [0.1, 0.15) is 43.9 Å². The van der Waals surface area contributed by atoms with Crippen molar-refractivity contribution in [1.29, 1.82) is 0 Å². The van der Waals surface area contributed by atoms with E-state index in [2.05, 4.69) is 36.6 Å². The molecular weight excluding hydrogens is 488 g/mol. The van der Waals surface area contributed by atoms with Gasteiger partial charge < -0.3 is 14.6 Å². The minimum absolute atomic E-state index is 0.277. The highest BCUT2D eigenvalue weighted by Crippen LogP contribution is 2.27. The molecule has 1 aromatic carbocycles. The Morgan fingerprint density at radius 2 is 2.00 bits per heavy atom. The fraction of sp³-hybridized carbons (Fsp3) is 0.391. The molecule has 0 unspecified atom stereocenters. The van der Waals surface area contributed by atoms with Crippen molar-refractivity contribution >= 4 is 44.9 Å². The second-order valence-electron chi connectivity index (χ2n) is 8.45. The summed E-state index contributed by atoms with van der Waals surface area (Å²) in [4.78, 5) is 29.4. The molecule has 3 aromatic rings. The summed E-state index contributed by atoms with van der Waals surface area (Å²) in [6.07, 6.45) is 3.25. The van der Waals surface area contributed by atoms with E-state index in [9.17, 15) is 9.59 Å². The van der Waals surface area contributed by atoms with E-state index in [0.29, 0.717) is 31.3 Å². The number of hydrogen-bond donors (Lipinski definition) is 2. The van der Waals surface area contributed by atoms with Gasteiger partial charge in [0.1, 0.15) is 11.3 Å². The second kappa shape index (κ2) is 10.2. The van der Waals surface area contributed by atoms with E-state index in [0.717, 1.165) is 21.2 Å². The smallest absolute Gasteiger partial charge is 0.407 e. The van der Waals surface area contributed by atoms with E-state index < -0.39 is 11.7 Å². The highest BCUT2D eigenvalue weighted by Gasteiger charge is 2.19. The first-order valence-electron chi connectivity index (χ1n) is 10.7. The van der Waals surface area contributed by atoms with E-state index >= 15 is 0 Å². The molecule has 0 saturated carbocycles. The van der Waals surface area contributed by atoms with Gasteiger partial charge in [0.15, 0.2) is 0 Å². The van der Waals surface area contributed by atoms with Crippen molar-refractivity contribution < 1.29 is 14.3 Å². The third-order valence-corrected chi connectivity index (χ3v) is 5.23. The number of alkyl carbamates (subject to hydrolysis) is 1. The van der Waals surface area contributed by atoms with Crippen LogP contribution in [0, 0.1) is 6.92 Å². The van der Waals surface area contributed by atoms with Gasteiger partial charge in [0.05, 0.1) is 16.7 Å². The van der Waals surface area contributed by atoms with Crippen molar-refractivity contribution in [3.63, 3.8) is 0 Å². The van der Waals surface area contributed by atoms with Crippen molar-refractivity contribution in [2.45, 2.75) is 53.3 Å². The number of nitrogens with zero attached hydrogens (tertiary/aromatic N) is 4. The highest BCUT2D eigenvalue weighted by atomic mass is 79.9. The maximum atomic E-state index is 13.0. The zero-order valence-electron chi connectivity index (χ0n) is 19.5. The van der Waals surface area contributed by atoms with Crippen LogP contribution in [0.5, 0.6) is 0 Å². The Hall–Kier alpha value is -3.14. The number of allylic oxidation sites excluding steroid dienone is 1. The number of ether oxygens (including phenoxy) is 1. The molecule has 0 saturated heterocycles. The molecule has 3 rings (SSSR count). The number of hydrogen-bond acceptors (Lipinski definition) is 5. The molecule has 0 bridgehead atoms. The Kier molecular flexibility index (Phi) is 7.57. The van der Waals surface area contributed by atoms with Crippen LogP contribution in [0.15, 0.2) is 40.9 Å². The number of carbonyl (C=O) groups is 2. The minimum atomic E-state index is -0.547. The second-order valence-corrected chi connectivity index (χ2v) is 9.30. The monoisotopic (exact) mass is 516 g/mol. The molecule has 0 aliphatic heterocycles. The van der Waals surface area contributed by atoms with E-state index in [1.807, 2.05) is 69.5 Å². The minimum Gasteiger partial charge on any atom is -0.444 e. The summed E-state index contributed by atoms with van der Waals surface area (Å²) in [6, 6.07) is 7.46. The van der Waals surface area contributed by atoms with Crippen molar-refractivity contribution in [3.05, 3.63) is 52.3 Å². The molecular formula is C23H29BrN6O3. The molecule has 2 N–H and O–H groups in total. The average Bonchev–Trinajstić information content (AvgIpc) is 3.27. The molecule has 0 radical (unpaired) electrons. The van der Waals surface area contributed by atoms with Gasteiger partial charge in [-0.1, -0.05) is 18.2 Å². The molecule has 2 aromatic heterocycles. The summed E-state index contributed by atoms with van der Waals surface area (Å²) >= 11 is 3.58. The zero-order chi connectivity index (χ0) is 24.2. The van der Waals surface area contributed by atoms with Crippen molar-refractivity contribution in [2.75, 3.05) is 11.9 Å². The number of fused-ring (bicyclic) bond motifs is 1. The number of aryl methyl sites for hydroxylation is 2. The maximum absolute atomic E-state index is 13.0. The lowest BCUT2D eigenvalue weighted by Gasteiger charge is -2.19. The van der Waals surface area contributed by atoms with Gasteiger partial charge in [-0.05, 0) is 68.7 Å². The van der Waals surface area contributed by atoms with E-state index in [4.69, 9.17) is 4.74 Å². The number of aromatic nitrogens is 4. The number of para-hydroxylation sites is 1. The van der Waals surface area contributed by atoms with Crippen LogP contribution in [0.4, 0.5) is 10.7 Å². The van der Waals surface area contributed by atoms with Gasteiger partial charge in [-0.25, -0.2) is 9.78 Å². The van der Waals surface area contributed by atoms with Crippen molar-refractivity contribution in [3.8, 4) is 0 Å². The number of nitrogens with one attached hydrogen (secondary N) is 2. The Morgan fingerprint density at radius 3 is 2.70 bits per heavy atom. The molecule has 0 aliphatic carbocycles. The Balaban J connectivity index is 1.78. The molecule has 0 fully saturated rings. The van der Waals surface area contributed by atoms with Crippen molar-refractivity contribution in [2.24, 2.45) is 0 Å². The summed E-state index contributed by atoms with van der Waals surface area (Å²) in [5.41, 5.74) is 2.32. The van der Waals surface area contributed by atoms with Crippen LogP contribution in [-0.4, -0.2) is 43.5 Å². The quantitative estimate of drug-likeness (QED) is 0.444. The summed E-state index contributed by atoms with van der Waals surface area (Å²) in [6.45, 7) is 10.6. The maximum Gasteiger partial charge on any atom is 0.407 e. The first-order chi connectivity index (χ1) is 15.6. The molecule has 9 nitrogen and oxygen atoms in total. The molecule has 0 aliphatic rings. The van der Waals surface area contributed by atoms with Gasteiger partial charge in [0.25, 0.3) is 5.91 Å². The number of benzene rings is 1. The summed E-state index contributed by atoms with van der Waals surface area (Å²) in [5, 5.41) is 9.96. The number of amides is 2. The molecule has 2 amide bonds. The van der Waals surface area contributed by atoms with Gasteiger partial charge in [-0.2, -0.15) is 5.10 Å². The van der Waals surface area contributed by atoms with E-state index in [1.165, 1.54) is 0 Å². The fourth-order valence-electron chi connectivity index (χ4n) is 3.27. The molecule has 10 heteroatoms. The van der Waals surface area contributed by atoms with Crippen LogP contribution < -0.4 is 10.6 Å². The standard InChI is InChI=1S/C23H29BrN6O3/c1-6-30-18(14-15(2)28-30)20(31)27-21-26-17-11-9-10-16(24)19(17)29(21)13-8-7-12-25-22(32)33-23(3,4)5/h7-11,14H,6,12-13H2,1-5H3,(H,25,32)(H,26,27,31). The molecule has 176 valence electrons.